The molecule has 0 radical (unpaired) electrons. The number of benzene rings is 1. The standard InChI is InChI=1S/C15H16Cl2N2O/c16-13-5-3-12(15(17)10-13)4-6-14(20)2-1-8-19-9-7-18-11-19/h3,5,7,9-11H,1-2,4,6,8H2. The van der Waals surface area contributed by atoms with Crippen molar-refractivity contribution in [2.24, 2.45) is 0 Å². The summed E-state index contributed by atoms with van der Waals surface area (Å²) in [6.07, 6.45) is 8.01. The van der Waals surface area contributed by atoms with E-state index in [9.17, 15) is 4.79 Å². The summed E-state index contributed by atoms with van der Waals surface area (Å²) < 4.78 is 1.98. The average Bonchev–Trinajstić information content (AvgIpc) is 2.91. The van der Waals surface area contributed by atoms with Gasteiger partial charge >= 0.3 is 0 Å². The van der Waals surface area contributed by atoms with Crippen LogP contribution in [0.25, 0.3) is 0 Å². The molecule has 0 aliphatic rings. The molecular formula is C15H16Cl2N2O. The van der Waals surface area contributed by atoms with Crippen LogP contribution in [-0.4, -0.2) is 15.3 Å². The van der Waals surface area contributed by atoms with Gasteiger partial charge < -0.3 is 4.57 Å². The molecule has 0 amide bonds. The average molecular weight is 311 g/mol. The second-order valence-electron chi connectivity index (χ2n) is 4.68. The summed E-state index contributed by atoms with van der Waals surface area (Å²) in [5.41, 5.74) is 0.971. The van der Waals surface area contributed by atoms with Crippen LogP contribution in [0.5, 0.6) is 0 Å². The van der Waals surface area contributed by atoms with Gasteiger partial charge in [0.1, 0.15) is 5.78 Å². The first-order valence-corrected chi connectivity index (χ1v) is 7.32. The minimum Gasteiger partial charge on any atom is -0.337 e. The third kappa shape index (κ3) is 4.66. The summed E-state index contributed by atoms with van der Waals surface area (Å²) in [7, 11) is 0. The van der Waals surface area contributed by atoms with Gasteiger partial charge in [0.15, 0.2) is 0 Å². The van der Waals surface area contributed by atoms with Crippen LogP contribution in [0.3, 0.4) is 0 Å². The molecule has 0 aliphatic heterocycles. The minimum atomic E-state index is 0.260. The zero-order valence-electron chi connectivity index (χ0n) is 11.1. The van der Waals surface area contributed by atoms with Crippen molar-refractivity contribution in [3.05, 3.63) is 52.5 Å². The van der Waals surface area contributed by atoms with Gasteiger partial charge in [-0.3, -0.25) is 4.79 Å². The highest BCUT2D eigenvalue weighted by Crippen LogP contribution is 2.22. The number of halogens is 2. The van der Waals surface area contributed by atoms with Crippen molar-refractivity contribution in [3.8, 4) is 0 Å². The van der Waals surface area contributed by atoms with Crippen molar-refractivity contribution in [1.82, 2.24) is 9.55 Å². The number of imidazole rings is 1. The molecule has 0 spiro atoms. The molecule has 3 nitrogen and oxygen atoms in total. The van der Waals surface area contributed by atoms with Gasteiger partial charge in [0, 0.05) is 41.8 Å². The molecule has 0 aliphatic carbocycles. The van der Waals surface area contributed by atoms with Crippen LogP contribution < -0.4 is 0 Å². The Morgan fingerprint density at radius 1 is 1.25 bits per heavy atom. The summed E-state index contributed by atoms with van der Waals surface area (Å²) in [6, 6.07) is 5.39. The first kappa shape index (κ1) is 15.1. The lowest BCUT2D eigenvalue weighted by Gasteiger charge is -2.05. The SMILES string of the molecule is O=C(CCCn1ccnc1)CCc1ccc(Cl)cc1Cl. The maximum absolute atomic E-state index is 11.8. The van der Waals surface area contributed by atoms with Crippen molar-refractivity contribution in [1.29, 1.82) is 0 Å². The summed E-state index contributed by atoms with van der Waals surface area (Å²) in [5.74, 6) is 0.260. The maximum Gasteiger partial charge on any atom is 0.133 e. The molecule has 0 unspecified atom stereocenters. The molecule has 0 N–H and O–H groups in total. The first-order chi connectivity index (χ1) is 9.65. The van der Waals surface area contributed by atoms with Crippen LogP contribution in [0.1, 0.15) is 24.8 Å². The van der Waals surface area contributed by atoms with Crippen molar-refractivity contribution in [3.63, 3.8) is 0 Å². The fourth-order valence-corrected chi connectivity index (χ4v) is 2.50. The van der Waals surface area contributed by atoms with Gasteiger partial charge in [-0.05, 0) is 30.5 Å². The monoisotopic (exact) mass is 310 g/mol. The Hall–Kier alpha value is -1.32. The molecule has 1 aromatic heterocycles. The normalized spacial score (nSPS) is 10.7. The number of hydrogen-bond acceptors (Lipinski definition) is 2. The number of aryl methyl sites for hydroxylation is 2. The Kier molecular flexibility index (Phi) is 5.62. The van der Waals surface area contributed by atoms with Gasteiger partial charge in [-0.15, -0.1) is 0 Å². The molecule has 0 bridgehead atoms. The molecule has 0 fully saturated rings. The fraction of sp³-hybridized carbons (Fsp3) is 0.333. The molecule has 20 heavy (non-hydrogen) atoms. The second kappa shape index (κ2) is 7.46. The molecule has 0 saturated heterocycles. The number of Topliss-reactive ketones (excluding diaryl/α,β-unsaturated/α-hetero) is 1. The van der Waals surface area contributed by atoms with Crippen LogP contribution in [0.2, 0.25) is 10.0 Å². The van der Waals surface area contributed by atoms with Crippen LogP contribution >= 0.6 is 23.2 Å². The van der Waals surface area contributed by atoms with E-state index in [1.807, 2.05) is 16.8 Å². The molecule has 106 valence electrons. The summed E-state index contributed by atoms with van der Waals surface area (Å²) in [6.45, 7) is 0.827. The molecule has 0 saturated carbocycles. The van der Waals surface area contributed by atoms with Crippen LogP contribution in [-0.2, 0) is 17.8 Å². The number of carbonyl (C=O) groups excluding carboxylic acids is 1. The number of carbonyl (C=O) groups is 1. The highest BCUT2D eigenvalue weighted by atomic mass is 35.5. The Labute approximate surface area is 128 Å². The van der Waals surface area contributed by atoms with E-state index in [0.717, 1.165) is 18.5 Å². The predicted molar refractivity (Wildman–Crippen MR) is 81.3 cm³/mol. The highest BCUT2D eigenvalue weighted by Gasteiger charge is 2.06. The number of aromatic nitrogens is 2. The number of rotatable bonds is 7. The van der Waals surface area contributed by atoms with E-state index >= 15 is 0 Å². The third-order valence-electron chi connectivity index (χ3n) is 3.12. The van der Waals surface area contributed by atoms with Gasteiger partial charge in [0.25, 0.3) is 0 Å². The van der Waals surface area contributed by atoms with E-state index < -0.39 is 0 Å². The molecular weight excluding hydrogens is 295 g/mol. The Morgan fingerprint density at radius 3 is 2.80 bits per heavy atom. The van der Waals surface area contributed by atoms with Gasteiger partial charge in [-0.1, -0.05) is 29.3 Å². The largest absolute Gasteiger partial charge is 0.337 e. The minimum absolute atomic E-state index is 0.260. The zero-order chi connectivity index (χ0) is 14.4. The van der Waals surface area contributed by atoms with E-state index in [2.05, 4.69) is 4.98 Å². The lowest BCUT2D eigenvalue weighted by molar-refractivity contribution is -0.119. The molecule has 1 heterocycles. The first-order valence-electron chi connectivity index (χ1n) is 6.56. The van der Waals surface area contributed by atoms with Crippen LogP contribution in [0, 0.1) is 0 Å². The molecule has 0 atom stereocenters. The lowest BCUT2D eigenvalue weighted by Crippen LogP contribution is -2.03. The molecule has 5 heteroatoms. The van der Waals surface area contributed by atoms with E-state index in [1.54, 1.807) is 24.7 Å². The number of ketones is 1. The van der Waals surface area contributed by atoms with Crippen molar-refractivity contribution < 1.29 is 4.79 Å². The van der Waals surface area contributed by atoms with Crippen molar-refractivity contribution in [2.45, 2.75) is 32.2 Å². The lowest BCUT2D eigenvalue weighted by atomic mass is 10.1. The van der Waals surface area contributed by atoms with Gasteiger partial charge in [0.05, 0.1) is 6.33 Å². The van der Waals surface area contributed by atoms with Gasteiger partial charge in [-0.25, -0.2) is 4.98 Å². The molecule has 2 rings (SSSR count). The number of hydrogen-bond donors (Lipinski definition) is 0. The Bertz CT molecular complexity index is 567. The topological polar surface area (TPSA) is 34.9 Å². The van der Waals surface area contributed by atoms with Crippen LogP contribution in [0.4, 0.5) is 0 Å². The van der Waals surface area contributed by atoms with Gasteiger partial charge in [0.2, 0.25) is 0 Å². The highest BCUT2D eigenvalue weighted by molar-refractivity contribution is 6.35. The number of nitrogens with zero attached hydrogens (tertiary/aromatic N) is 2. The van der Waals surface area contributed by atoms with E-state index in [4.69, 9.17) is 23.2 Å². The van der Waals surface area contributed by atoms with E-state index in [1.165, 1.54) is 0 Å². The summed E-state index contributed by atoms with van der Waals surface area (Å²) >= 11 is 11.9. The fourth-order valence-electron chi connectivity index (χ4n) is 2.00. The van der Waals surface area contributed by atoms with Crippen molar-refractivity contribution in [2.75, 3.05) is 0 Å². The third-order valence-corrected chi connectivity index (χ3v) is 3.71. The maximum atomic E-state index is 11.8. The Balaban J connectivity index is 1.72. The predicted octanol–water partition coefficient (Wildman–Crippen LogP) is 4.17. The van der Waals surface area contributed by atoms with Crippen molar-refractivity contribution >= 4 is 29.0 Å². The van der Waals surface area contributed by atoms with E-state index in [-0.39, 0.29) is 5.78 Å². The molecule has 1 aromatic carbocycles. The summed E-state index contributed by atoms with van der Waals surface area (Å²) in [4.78, 5) is 15.8. The van der Waals surface area contributed by atoms with Crippen LogP contribution in [0.15, 0.2) is 36.9 Å². The zero-order valence-corrected chi connectivity index (χ0v) is 12.6. The summed E-state index contributed by atoms with van der Waals surface area (Å²) in [5, 5.41) is 1.24. The van der Waals surface area contributed by atoms with E-state index in [0.29, 0.717) is 29.3 Å². The quantitative estimate of drug-likeness (QED) is 0.769. The smallest absolute Gasteiger partial charge is 0.133 e. The molecule has 2 aromatic rings. The second-order valence-corrected chi connectivity index (χ2v) is 5.52. The Morgan fingerprint density at radius 2 is 2.10 bits per heavy atom. The van der Waals surface area contributed by atoms with Gasteiger partial charge in [-0.2, -0.15) is 0 Å².